The van der Waals surface area contributed by atoms with Crippen molar-refractivity contribution < 1.29 is 9.18 Å². The Balaban J connectivity index is 1.94. The van der Waals surface area contributed by atoms with Crippen molar-refractivity contribution in [2.75, 3.05) is 11.1 Å². The van der Waals surface area contributed by atoms with E-state index in [1.54, 1.807) is 19.1 Å². The predicted octanol–water partition coefficient (Wildman–Crippen LogP) is 3.27. The van der Waals surface area contributed by atoms with Gasteiger partial charge < -0.3 is 5.32 Å². The number of rotatable bonds is 4. The number of hydrogen-bond acceptors (Lipinski definition) is 4. The Morgan fingerprint density at radius 2 is 1.86 bits per heavy atom. The van der Waals surface area contributed by atoms with E-state index in [9.17, 15) is 9.18 Å². The van der Waals surface area contributed by atoms with Crippen molar-refractivity contribution in [2.45, 2.75) is 25.9 Å². The molecule has 0 saturated heterocycles. The van der Waals surface area contributed by atoms with Crippen molar-refractivity contribution in [1.29, 1.82) is 0 Å². The van der Waals surface area contributed by atoms with E-state index < -0.39 is 0 Å². The summed E-state index contributed by atoms with van der Waals surface area (Å²) in [6.07, 6.45) is 0. The van der Waals surface area contributed by atoms with Gasteiger partial charge in [0.1, 0.15) is 5.82 Å². The number of nitrogens with one attached hydrogen (secondary N) is 1. The Morgan fingerprint density at radius 3 is 2.48 bits per heavy atom. The highest BCUT2D eigenvalue weighted by molar-refractivity contribution is 7.99. The van der Waals surface area contributed by atoms with Crippen molar-refractivity contribution in [3.63, 3.8) is 0 Å². The Kier molecular flexibility index (Phi) is 4.90. The number of hydrogen-bond donors (Lipinski definition) is 1. The fraction of sp³-hybridized carbons (Fsp3) is 0.267. The molecule has 0 fully saturated rings. The largest absolute Gasteiger partial charge is 0.325 e. The Hall–Kier alpha value is -1.95. The van der Waals surface area contributed by atoms with E-state index in [0.717, 1.165) is 11.4 Å². The number of amides is 1. The Labute approximate surface area is 127 Å². The van der Waals surface area contributed by atoms with E-state index in [4.69, 9.17) is 0 Å². The minimum absolute atomic E-state index is 0.179. The zero-order valence-electron chi connectivity index (χ0n) is 12.1. The highest BCUT2D eigenvalue weighted by Gasteiger charge is 2.07. The molecule has 0 bridgehead atoms. The molecule has 0 saturated carbocycles. The van der Waals surface area contributed by atoms with Crippen LogP contribution in [0.5, 0.6) is 0 Å². The number of nitrogens with zero attached hydrogens (tertiary/aromatic N) is 2. The standard InChI is InChI=1S/C15H16FN3OS/c1-9-4-5-12(7-13(9)16)19-14(20)8-21-15-17-10(2)6-11(3)18-15/h4-7H,8H2,1-3H3,(H,19,20). The molecule has 1 N–H and O–H groups in total. The first-order valence-electron chi connectivity index (χ1n) is 6.45. The lowest BCUT2D eigenvalue weighted by Crippen LogP contribution is -2.14. The van der Waals surface area contributed by atoms with Gasteiger partial charge in [-0.1, -0.05) is 17.8 Å². The number of anilines is 1. The molecule has 1 heterocycles. The summed E-state index contributed by atoms with van der Waals surface area (Å²) in [7, 11) is 0. The molecule has 0 unspecified atom stereocenters. The van der Waals surface area contributed by atoms with E-state index in [1.807, 2.05) is 19.9 Å². The quantitative estimate of drug-likeness (QED) is 0.696. The summed E-state index contributed by atoms with van der Waals surface area (Å²) in [5.41, 5.74) is 2.73. The van der Waals surface area contributed by atoms with Crippen molar-refractivity contribution in [3.05, 3.63) is 47.0 Å². The molecule has 110 valence electrons. The van der Waals surface area contributed by atoms with Crippen LogP contribution in [0.3, 0.4) is 0 Å². The molecule has 21 heavy (non-hydrogen) atoms. The molecule has 2 rings (SSSR count). The first kappa shape index (κ1) is 15.4. The van der Waals surface area contributed by atoms with Gasteiger partial charge in [0.15, 0.2) is 5.16 Å². The predicted molar refractivity (Wildman–Crippen MR) is 82.0 cm³/mol. The lowest BCUT2D eigenvalue weighted by Gasteiger charge is -2.06. The van der Waals surface area contributed by atoms with Crippen LogP contribution in [0.4, 0.5) is 10.1 Å². The summed E-state index contributed by atoms with van der Waals surface area (Å²) >= 11 is 1.26. The number of aromatic nitrogens is 2. The fourth-order valence-electron chi connectivity index (χ4n) is 1.76. The van der Waals surface area contributed by atoms with Crippen LogP contribution in [0.2, 0.25) is 0 Å². The van der Waals surface area contributed by atoms with Crippen LogP contribution in [0.25, 0.3) is 0 Å². The molecule has 6 heteroatoms. The third-order valence-electron chi connectivity index (χ3n) is 2.75. The van der Waals surface area contributed by atoms with Gasteiger partial charge in [-0.2, -0.15) is 0 Å². The molecule has 4 nitrogen and oxygen atoms in total. The van der Waals surface area contributed by atoms with Crippen LogP contribution >= 0.6 is 11.8 Å². The lowest BCUT2D eigenvalue weighted by atomic mass is 10.2. The van der Waals surface area contributed by atoms with Gasteiger partial charge in [0.25, 0.3) is 0 Å². The molecule has 0 radical (unpaired) electrons. The van der Waals surface area contributed by atoms with Crippen molar-refractivity contribution in [1.82, 2.24) is 9.97 Å². The summed E-state index contributed by atoms with van der Waals surface area (Å²) in [6, 6.07) is 6.49. The van der Waals surface area contributed by atoms with E-state index in [0.29, 0.717) is 16.4 Å². The molecular weight excluding hydrogens is 289 g/mol. The third kappa shape index (κ3) is 4.53. The molecule has 0 atom stereocenters. The maximum Gasteiger partial charge on any atom is 0.234 e. The average molecular weight is 305 g/mol. The first-order valence-corrected chi connectivity index (χ1v) is 7.43. The second-order valence-electron chi connectivity index (χ2n) is 4.73. The zero-order valence-corrected chi connectivity index (χ0v) is 12.9. The minimum Gasteiger partial charge on any atom is -0.325 e. The maximum absolute atomic E-state index is 13.4. The topological polar surface area (TPSA) is 54.9 Å². The van der Waals surface area contributed by atoms with Crippen LogP contribution in [-0.4, -0.2) is 21.6 Å². The lowest BCUT2D eigenvalue weighted by molar-refractivity contribution is -0.113. The van der Waals surface area contributed by atoms with E-state index >= 15 is 0 Å². The normalized spacial score (nSPS) is 10.5. The second kappa shape index (κ2) is 6.67. The van der Waals surface area contributed by atoms with Gasteiger partial charge >= 0.3 is 0 Å². The van der Waals surface area contributed by atoms with Gasteiger partial charge in [0.05, 0.1) is 5.75 Å². The fourth-order valence-corrected chi connectivity index (χ4v) is 2.51. The summed E-state index contributed by atoms with van der Waals surface area (Å²) in [5, 5.41) is 3.22. The first-order chi connectivity index (χ1) is 9.94. The van der Waals surface area contributed by atoms with Gasteiger partial charge in [-0.25, -0.2) is 14.4 Å². The molecule has 0 aliphatic carbocycles. The van der Waals surface area contributed by atoms with Crippen LogP contribution in [0.1, 0.15) is 17.0 Å². The highest BCUT2D eigenvalue weighted by Crippen LogP contribution is 2.16. The maximum atomic E-state index is 13.4. The number of thioether (sulfide) groups is 1. The summed E-state index contributed by atoms with van der Waals surface area (Å²) in [6.45, 7) is 5.44. The van der Waals surface area contributed by atoms with Gasteiger partial charge in [0.2, 0.25) is 5.91 Å². The van der Waals surface area contributed by atoms with Crippen molar-refractivity contribution in [2.24, 2.45) is 0 Å². The van der Waals surface area contributed by atoms with Gasteiger partial charge in [-0.3, -0.25) is 4.79 Å². The van der Waals surface area contributed by atoms with Crippen LogP contribution in [0, 0.1) is 26.6 Å². The van der Waals surface area contributed by atoms with E-state index in [1.165, 1.54) is 17.8 Å². The molecule has 1 aromatic carbocycles. The molecule has 0 aliphatic heterocycles. The van der Waals surface area contributed by atoms with Crippen LogP contribution in [0.15, 0.2) is 29.4 Å². The van der Waals surface area contributed by atoms with Crippen LogP contribution in [-0.2, 0) is 4.79 Å². The number of benzene rings is 1. The Morgan fingerprint density at radius 1 is 1.19 bits per heavy atom. The minimum atomic E-state index is -0.335. The molecule has 1 amide bonds. The molecule has 2 aromatic rings. The molecule has 1 aromatic heterocycles. The summed E-state index contributed by atoms with van der Waals surface area (Å²) < 4.78 is 13.4. The highest BCUT2D eigenvalue weighted by atomic mass is 32.2. The number of carbonyl (C=O) groups is 1. The monoisotopic (exact) mass is 305 g/mol. The number of aryl methyl sites for hydroxylation is 3. The summed E-state index contributed by atoms with van der Waals surface area (Å²) in [5.74, 6) is -0.373. The van der Waals surface area contributed by atoms with Crippen LogP contribution < -0.4 is 5.32 Å². The smallest absolute Gasteiger partial charge is 0.234 e. The second-order valence-corrected chi connectivity index (χ2v) is 5.68. The Bertz CT molecular complexity index is 656. The van der Waals surface area contributed by atoms with Gasteiger partial charge in [-0.05, 0) is 44.5 Å². The third-order valence-corrected chi connectivity index (χ3v) is 3.60. The van der Waals surface area contributed by atoms with Gasteiger partial charge in [-0.15, -0.1) is 0 Å². The van der Waals surface area contributed by atoms with Crippen molar-refractivity contribution in [3.8, 4) is 0 Å². The molecule has 0 spiro atoms. The average Bonchev–Trinajstić information content (AvgIpc) is 2.40. The number of carbonyl (C=O) groups excluding carboxylic acids is 1. The number of halogens is 1. The van der Waals surface area contributed by atoms with E-state index in [2.05, 4.69) is 15.3 Å². The molecule has 0 aliphatic rings. The zero-order chi connectivity index (χ0) is 15.4. The van der Waals surface area contributed by atoms with Gasteiger partial charge in [0, 0.05) is 17.1 Å². The van der Waals surface area contributed by atoms with E-state index in [-0.39, 0.29) is 17.5 Å². The SMILES string of the molecule is Cc1cc(C)nc(SCC(=O)Nc2ccc(C)c(F)c2)n1. The summed E-state index contributed by atoms with van der Waals surface area (Å²) in [4.78, 5) is 20.3. The van der Waals surface area contributed by atoms with Crippen molar-refractivity contribution >= 4 is 23.4 Å². The molecular formula is C15H16FN3OS.